The lowest BCUT2D eigenvalue weighted by Gasteiger charge is -1.98. The van der Waals surface area contributed by atoms with E-state index in [4.69, 9.17) is 0 Å². The van der Waals surface area contributed by atoms with E-state index >= 15 is 0 Å². The molecule has 0 saturated carbocycles. The summed E-state index contributed by atoms with van der Waals surface area (Å²) in [5, 5.41) is 0. The number of hydrogen-bond donors (Lipinski definition) is 1. The molecule has 1 aliphatic heterocycles. The second-order valence-electron chi connectivity index (χ2n) is 1.83. The molecule has 0 spiro atoms. The van der Waals surface area contributed by atoms with Crippen LogP contribution in [0.3, 0.4) is 0 Å². The average molecular weight is 129 g/mol. The molecule has 1 atom stereocenters. The molecule has 0 aromatic rings. The van der Waals surface area contributed by atoms with Gasteiger partial charge in [-0.15, -0.1) is 0 Å². The maximum absolute atomic E-state index is 10.5. The maximum atomic E-state index is 10.5. The molecule has 0 bridgehead atoms. The summed E-state index contributed by atoms with van der Waals surface area (Å²) in [7, 11) is 0. The largest absolute Gasteiger partial charge is 0.301 e. The molecule has 1 N–H and O–H groups in total. The van der Waals surface area contributed by atoms with Crippen molar-refractivity contribution in [1.29, 1.82) is 0 Å². The maximum Gasteiger partial charge on any atom is 0.214 e. The lowest BCUT2D eigenvalue weighted by Crippen LogP contribution is -2.30. The second-order valence-corrected chi connectivity index (χ2v) is 1.83. The highest BCUT2D eigenvalue weighted by molar-refractivity contribution is 6.27. The van der Waals surface area contributed by atoms with Crippen LogP contribution in [-0.4, -0.2) is 24.7 Å². The predicted octanol–water partition coefficient (Wildman–Crippen LogP) is -0.952. The molecule has 0 radical (unpaired) electrons. The van der Waals surface area contributed by atoms with Gasteiger partial charge in [0.15, 0.2) is 6.29 Å². The Balaban J connectivity index is 2.41. The standard InChI is InChI=1S/C5H7NO3/c7-3-5(8)4-1-2-9-6-4/h3-4,6H,1-2H2/t4-/m1/s1. The van der Waals surface area contributed by atoms with Crippen LogP contribution in [0.25, 0.3) is 0 Å². The molecule has 4 nitrogen and oxygen atoms in total. The van der Waals surface area contributed by atoms with Gasteiger partial charge >= 0.3 is 0 Å². The zero-order chi connectivity index (χ0) is 6.69. The van der Waals surface area contributed by atoms with Gasteiger partial charge in [-0.25, -0.2) is 0 Å². The molecule has 1 fully saturated rings. The molecule has 1 heterocycles. The molecule has 0 aromatic carbocycles. The van der Waals surface area contributed by atoms with E-state index in [1.165, 1.54) is 0 Å². The average Bonchev–Trinajstić information content (AvgIpc) is 2.37. The third kappa shape index (κ3) is 1.34. The lowest BCUT2D eigenvalue weighted by molar-refractivity contribution is -0.131. The molecule has 0 aliphatic carbocycles. The van der Waals surface area contributed by atoms with Crippen LogP contribution < -0.4 is 5.48 Å². The summed E-state index contributed by atoms with van der Waals surface area (Å²) in [4.78, 5) is 25.0. The summed E-state index contributed by atoms with van der Waals surface area (Å²) in [5.41, 5.74) is 2.43. The first-order valence-electron chi connectivity index (χ1n) is 2.71. The monoisotopic (exact) mass is 129 g/mol. The Bertz CT molecular complexity index is 128. The van der Waals surface area contributed by atoms with Crippen molar-refractivity contribution in [3.63, 3.8) is 0 Å². The summed E-state index contributed by atoms with van der Waals surface area (Å²) in [5.74, 6) is -0.437. The normalized spacial score (nSPS) is 26.0. The highest BCUT2D eigenvalue weighted by Crippen LogP contribution is 1.99. The van der Waals surface area contributed by atoms with Crippen LogP contribution in [0, 0.1) is 0 Å². The van der Waals surface area contributed by atoms with E-state index < -0.39 is 11.8 Å². The zero-order valence-corrected chi connectivity index (χ0v) is 4.79. The minimum absolute atomic E-state index is 0.312. The first kappa shape index (κ1) is 6.38. The van der Waals surface area contributed by atoms with E-state index in [2.05, 4.69) is 10.3 Å². The number of Topliss-reactive ketones (excluding diaryl/α,β-unsaturated/α-hetero) is 1. The van der Waals surface area contributed by atoms with Crippen molar-refractivity contribution < 1.29 is 14.4 Å². The summed E-state index contributed by atoms with van der Waals surface area (Å²) < 4.78 is 0. The van der Waals surface area contributed by atoms with E-state index in [1.54, 1.807) is 0 Å². The van der Waals surface area contributed by atoms with Gasteiger partial charge in [-0.2, -0.15) is 5.48 Å². The fraction of sp³-hybridized carbons (Fsp3) is 0.600. The molecule has 1 rings (SSSR count). The SMILES string of the molecule is O=CC(=O)[C@H]1CCON1. The second kappa shape index (κ2) is 2.70. The zero-order valence-electron chi connectivity index (χ0n) is 4.79. The molecular formula is C5H7NO3. The van der Waals surface area contributed by atoms with Gasteiger partial charge < -0.3 is 4.84 Å². The highest BCUT2D eigenvalue weighted by Gasteiger charge is 2.21. The minimum atomic E-state index is -0.437. The molecule has 50 valence electrons. The van der Waals surface area contributed by atoms with Crippen molar-refractivity contribution in [3.05, 3.63) is 0 Å². The van der Waals surface area contributed by atoms with Crippen molar-refractivity contribution in [2.75, 3.05) is 6.61 Å². The smallest absolute Gasteiger partial charge is 0.214 e. The Kier molecular flexibility index (Phi) is 1.92. The van der Waals surface area contributed by atoms with Crippen LogP contribution in [0.2, 0.25) is 0 Å². The number of carbonyl (C=O) groups excluding carboxylic acids is 2. The van der Waals surface area contributed by atoms with Gasteiger partial charge in [0.1, 0.15) is 6.04 Å². The van der Waals surface area contributed by atoms with Crippen LogP contribution in [-0.2, 0) is 14.4 Å². The molecule has 4 heteroatoms. The van der Waals surface area contributed by atoms with E-state index in [1.807, 2.05) is 0 Å². The molecule has 9 heavy (non-hydrogen) atoms. The summed E-state index contributed by atoms with van der Waals surface area (Å²) in [6.45, 7) is 0.504. The van der Waals surface area contributed by atoms with Crippen LogP contribution in [0.4, 0.5) is 0 Å². The molecule has 0 amide bonds. The number of ketones is 1. The summed E-state index contributed by atoms with van der Waals surface area (Å²) in [6.07, 6.45) is 0.907. The van der Waals surface area contributed by atoms with Gasteiger partial charge in [-0.1, -0.05) is 0 Å². The third-order valence-corrected chi connectivity index (χ3v) is 1.19. The van der Waals surface area contributed by atoms with Crippen LogP contribution in [0.1, 0.15) is 6.42 Å². The van der Waals surface area contributed by atoms with E-state index in [0.29, 0.717) is 19.3 Å². The van der Waals surface area contributed by atoms with Gasteiger partial charge in [0.05, 0.1) is 6.61 Å². The highest BCUT2D eigenvalue weighted by atomic mass is 16.7. The summed E-state index contributed by atoms with van der Waals surface area (Å²) >= 11 is 0. The Morgan fingerprint density at radius 2 is 2.56 bits per heavy atom. The lowest BCUT2D eigenvalue weighted by atomic mass is 10.2. The Labute approximate surface area is 52.1 Å². The molecule has 0 unspecified atom stereocenters. The van der Waals surface area contributed by atoms with Gasteiger partial charge in [-0.3, -0.25) is 9.59 Å². The number of nitrogens with one attached hydrogen (secondary N) is 1. The van der Waals surface area contributed by atoms with E-state index in [-0.39, 0.29) is 0 Å². The quantitative estimate of drug-likeness (QED) is 0.385. The van der Waals surface area contributed by atoms with Crippen molar-refractivity contribution >= 4 is 12.1 Å². The number of aldehydes is 1. The van der Waals surface area contributed by atoms with E-state index in [0.717, 1.165) is 0 Å². The van der Waals surface area contributed by atoms with Crippen LogP contribution in [0.15, 0.2) is 0 Å². The number of rotatable bonds is 2. The van der Waals surface area contributed by atoms with Gasteiger partial charge in [-0.05, 0) is 6.42 Å². The topological polar surface area (TPSA) is 55.4 Å². The summed E-state index contributed by atoms with van der Waals surface area (Å²) in [6, 6.07) is -0.400. The minimum Gasteiger partial charge on any atom is -0.301 e. The number of hydroxylamine groups is 1. The fourth-order valence-electron chi connectivity index (χ4n) is 0.678. The third-order valence-electron chi connectivity index (χ3n) is 1.19. The van der Waals surface area contributed by atoms with Gasteiger partial charge in [0.2, 0.25) is 5.78 Å². The predicted molar refractivity (Wildman–Crippen MR) is 28.6 cm³/mol. The first-order chi connectivity index (χ1) is 4.34. The van der Waals surface area contributed by atoms with Crippen molar-refractivity contribution in [2.24, 2.45) is 0 Å². The Morgan fingerprint density at radius 3 is 3.00 bits per heavy atom. The Morgan fingerprint density at radius 1 is 1.78 bits per heavy atom. The van der Waals surface area contributed by atoms with Gasteiger partial charge in [0.25, 0.3) is 0 Å². The van der Waals surface area contributed by atoms with Crippen molar-refractivity contribution in [2.45, 2.75) is 12.5 Å². The van der Waals surface area contributed by atoms with Crippen molar-refractivity contribution in [3.8, 4) is 0 Å². The van der Waals surface area contributed by atoms with Crippen LogP contribution >= 0.6 is 0 Å². The Hall–Kier alpha value is -0.740. The number of hydrogen-bond acceptors (Lipinski definition) is 4. The molecule has 1 aliphatic rings. The molecule has 0 aromatic heterocycles. The first-order valence-corrected chi connectivity index (χ1v) is 2.71. The van der Waals surface area contributed by atoms with Crippen LogP contribution in [0.5, 0.6) is 0 Å². The fourth-order valence-corrected chi connectivity index (χ4v) is 0.678. The molecule has 1 saturated heterocycles. The number of carbonyl (C=O) groups is 2. The van der Waals surface area contributed by atoms with E-state index in [9.17, 15) is 9.59 Å². The molecular weight excluding hydrogens is 122 g/mol. The van der Waals surface area contributed by atoms with Gasteiger partial charge in [0, 0.05) is 0 Å². The van der Waals surface area contributed by atoms with Crippen molar-refractivity contribution in [1.82, 2.24) is 5.48 Å².